The predicted molar refractivity (Wildman–Crippen MR) is 69.5 cm³/mol. The topological polar surface area (TPSA) is 40.7 Å². The molecule has 3 nitrogen and oxygen atoms in total. The smallest absolute Gasteiger partial charge is 0.0705 e. The molecular weight excluding hydrogens is 301 g/mol. The molecule has 0 aliphatic heterocycles. The molecule has 1 aromatic heterocycles. The van der Waals surface area contributed by atoms with E-state index in [9.17, 15) is 0 Å². The number of aromatic amines is 1. The van der Waals surface area contributed by atoms with Gasteiger partial charge in [0.1, 0.15) is 0 Å². The Kier molecular flexibility index (Phi) is 3.37. The van der Waals surface area contributed by atoms with E-state index in [1.165, 1.54) is 14.7 Å². The molecule has 2 aromatic rings. The summed E-state index contributed by atoms with van der Waals surface area (Å²) in [5, 5.41) is 10.3. The first-order valence-corrected chi connectivity index (χ1v) is 5.82. The number of rotatable bonds is 3. The molecule has 4 heteroatoms. The second kappa shape index (κ2) is 4.76. The van der Waals surface area contributed by atoms with Crippen LogP contribution in [0.1, 0.15) is 5.56 Å². The molecule has 0 spiro atoms. The largest absolute Gasteiger partial charge is 0.316 e. The van der Waals surface area contributed by atoms with Gasteiger partial charge in [0.2, 0.25) is 0 Å². The normalized spacial score (nSPS) is 10.5. The van der Waals surface area contributed by atoms with Crippen LogP contribution in [0.25, 0.3) is 11.3 Å². The molecule has 0 saturated heterocycles. The Morgan fingerprint density at radius 1 is 1.40 bits per heavy atom. The molecule has 0 bridgehead atoms. The third kappa shape index (κ3) is 2.21. The first kappa shape index (κ1) is 10.6. The van der Waals surface area contributed by atoms with E-state index in [-0.39, 0.29) is 0 Å². The molecule has 0 unspecified atom stereocenters. The van der Waals surface area contributed by atoms with Crippen LogP contribution in [0.5, 0.6) is 0 Å². The van der Waals surface area contributed by atoms with E-state index in [1.807, 2.05) is 25.4 Å². The SMILES string of the molecule is CNCc1cn[nH]c1-c1ccccc1I. The fraction of sp³-hybridized carbons (Fsp3) is 0.182. The van der Waals surface area contributed by atoms with Crippen molar-refractivity contribution in [2.75, 3.05) is 7.05 Å². The summed E-state index contributed by atoms with van der Waals surface area (Å²) in [5.41, 5.74) is 3.51. The van der Waals surface area contributed by atoms with Gasteiger partial charge in [-0.05, 0) is 35.7 Å². The second-order valence-electron chi connectivity index (χ2n) is 3.28. The van der Waals surface area contributed by atoms with Crippen molar-refractivity contribution in [3.8, 4) is 11.3 Å². The van der Waals surface area contributed by atoms with Crippen molar-refractivity contribution in [3.63, 3.8) is 0 Å². The van der Waals surface area contributed by atoms with E-state index in [2.05, 4.69) is 50.2 Å². The average Bonchev–Trinajstić information content (AvgIpc) is 2.67. The summed E-state index contributed by atoms with van der Waals surface area (Å²) < 4.78 is 1.23. The molecule has 2 rings (SSSR count). The van der Waals surface area contributed by atoms with Gasteiger partial charge in [-0.2, -0.15) is 5.10 Å². The maximum absolute atomic E-state index is 4.09. The minimum absolute atomic E-state index is 0.830. The van der Waals surface area contributed by atoms with Gasteiger partial charge >= 0.3 is 0 Å². The number of nitrogens with one attached hydrogen (secondary N) is 2. The van der Waals surface area contributed by atoms with Crippen molar-refractivity contribution in [3.05, 3.63) is 39.6 Å². The molecule has 2 N–H and O–H groups in total. The molecule has 0 atom stereocenters. The monoisotopic (exact) mass is 313 g/mol. The highest BCUT2D eigenvalue weighted by atomic mass is 127. The number of hydrogen-bond donors (Lipinski definition) is 2. The van der Waals surface area contributed by atoms with Crippen molar-refractivity contribution in [1.82, 2.24) is 15.5 Å². The summed E-state index contributed by atoms with van der Waals surface area (Å²) in [6, 6.07) is 8.29. The van der Waals surface area contributed by atoms with E-state index in [0.717, 1.165) is 12.2 Å². The van der Waals surface area contributed by atoms with E-state index < -0.39 is 0 Å². The minimum Gasteiger partial charge on any atom is -0.316 e. The van der Waals surface area contributed by atoms with Crippen LogP contribution in [0.3, 0.4) is 0 Å². The first-order chi connectivity index (χ1) is 7.33. The molecule has 0 saturated carbocycles. The lowest BCUT2D eigenvalue weighted by Crippen LogP contribution is -2.05. The third-order valence-corrected chi connectivity index (χ3v) is 3.17. The Morgan fingerprint density at radius 2 is 2.20 bits per heavy atom. The van der Waals surface area contributed by atoms with E-state index in [0.29, 0.717) is 0 Å². The molecular formula is C11H12IN3. The van der Waals surface area contributed by atoms with Gasteiger partial charge in [-0.15, -0.1) is 0 Å². The zero-order chi connectivity index (χ0) is 10.7. The van der Waals surface area contributed by atoms with Crippen LogP contribution >= 0.6 is 22.6 Å². The molecule has 1 aromatic carbocycles. The molecule has 1 heterocycles. The number of halogens is 1. The quantitative estimate of drug-likeness (QED) is 0.855. The van der Waals surface area contributed by atoms with Crippen molar-refractivity contribution < 1.29 is 0 Å². The summed E-state index contributed by atoms with van der Waals surface area (Å²) in [6.07, 6.45) is 1.87. The van der Waals surface area contributed by atoms with Gasteiger partial charge < -0.3 is 5.32 Å². The van der Waals surface area contributed by atoms with Gasteiger partial charge in [0.25, 0.3) is 0 Å². The first-order valence-electron chi connectivity index (χ1n) is 4.74. The van der Waals surface area contributed by atoms with Crippen LogP contribution < -0.4 is 5.32 Å². The Labute approximate surface area is 102 Å². The van der Waals surface area contributed by atoms with Crippen LogP contribution in [-0.4, -0.2) is 17.2 Å². The minimum atomic E-state index is 0.830. The Balaban J connectivity index is 2.45. The molecule has 0 amide bonds. The Morgan fingerprint density at radius 3 is 2.93 bits per heavy atom. The fourth-order valence-corrected chi connectivity index (χ4v) is 2.19. The number of aromatic nitrogens is 2. The number of benzene rings is 1. The summed E-state index contributed by atoms with van der Waals surface area (Å²) in [7, 11) is 1.94. The highest BCUT2D eigenvalue weighted by molar-refractivity contribution is 14.1. The summed E-state index contributed by atoms with van der Waals surface area (Å²) in [6.45, 7) is 0.830. The molecule has 15 heavy (non-hydrogen) atoms. The molecule has 0 radical (unpaired) electrons. The summed E-state index contributed by atoms with van der Waals surface area (Å²) in [5.74, 6) is 0. The van der Waals surface area contributed by atoms with Gasteiger partial charge in [0, 0.05) is 21.2 Å². The van der Waals surface area contributed by atoms with Crippen molar-refractivity contribution in [2.45, 2.75) is 6.54 Å². The lowest BCUT2D eigenvalue weighted by atomic mass is 10.1. The molecule has 0 fully saturated rings. The van der Waals surface area contributed by atoms with Gasteiger partial charge in [-0.25, -0.2) is 0 Å². The van der Waals surface area contributed by atoms with Crippen LogP contribution in [0.15, 0.2) is 30.5 Å². The van der Waals surface area contributed by atoms with E-state index >= 15 is 0 Å². The summed E-state index contributed by atoms with van der Waals surface area (Å²) >= 11 is 2.34. The summed E-state index contributed by atoms with van der Waals surface area (Å²) in [4.78, 5) is 0. The maximum Gasteiger partial charge on any atom is 0.0705 e. The molecule has 78 valence electrons. The van der Waals surface area contributed by atoms with E-state index in [1.54, 1.807) is 0 Å². The lowest BCUT2D eigenvalue weighted by Gasteiger charge is -2.04. The van der Waals surface area contributed by atoms with Gasteiger partial charge in [0.05, 0.1) is 11.9 Å². The fourth-order valence-electron chi connectivity index (χ4n) is 1.53. The second-order valence-corrected chi connectivity index (χ2v) is 4.44. The van der Waals surface area contributed by atoms with Crippen LogP contribution in [0.4, 0.5) is 0 Å². The highest BCUT2D eigenvalue weighted by Crippen LogP contribution is 2.25. The highest BCUT2D eigenvalue weighted by Gasteiger charge is 2.08. The van der Waals surface area contributed by atoms with Crippen molar-refractivity contribution in [2.24, 2.45) is 0 Å². The van der Waals surface area contributed by atoms with Crippen molar-refractivity contribution in [1.29, 1.82) is 0 Å². The van der Waals surface area contributed by atoms with Crippen LogP contribution in [0.2, 0.25) is 0 Å². The Hall–Kier alpha value is -0.880. The van der Waals surface area contributed by atoms with Crippen molar-refractivity contribution >= 4 is 22.6 Å². The molecule has 0 aliphatic rings. The van der Waals surface area contributed by atoms with Gasteiger partial charge in [-0.1, -0.05) is 18.2 Å². The van der Waals surface area contributed by atoms with Crippen LogP contribution in [-0.2, 0) is 6.54 Å². The standard InChI is InChI=1S/C11H12IN3/c1-13-6-8-7-14-15-11(8)9-4-2-3-5-10(9)12/h2-5,7,13H,6H2,1H3,(H,14,15). The molecule has 0 aliphatic carbocycles. The van der Waals surface area contributed by atoms with Crippen LogP contribution in [0, 0.1) is 3.57 Å². The number of nitrogens with zero attached hydrogens (tertiary/aromatic N) is 1. The zero-order valence-electron chi connectivity index (χ0n) is 8.42. The maximum atomic E-state index is 4.09. The average molecular weight is 313 g/mol. The van der Waals surface area contributed by atoms with Gasteiger partial charge in [0.15, 0.2) is 0 Å². The van der Waals surface area contributed by atoms with E-state index in [4.69, 9.17) is 0 Å². The number of H-pyrrole nitrogens is 1. The predicted octanol–water partition coefficient (Wildman–Crippen LogP) is 2.40. The zero-order valence-corrected chi connectivity index (χ0v) is 10.6. The van der Waals surface area contributed by atoms with Gasteiger partial charge in [-0.3, -0.25) is 5.10 Å². The lowest BCUT2D eigenvalue weighted by molar-refractivity contribution is 0.820. The number of hydrogen-bond acceptors (Lipinski definition) is 2. The Bertz CT molecular complexity index is 451. The third-order valence-electron chi connectivity index (χ3n) is 2.23.